The summed E-state index contributed by atoms with van der Waals surface area (Å²) in [7, 11) is 0. The Hall–Kier alpha value is -3.38. The molecule has 0 aliphatic rings. The fourth-order valence-corrected chi connectivity index (χ4v) is 2.73. The second-order valence-electron chi connectivity index (χ2n) is 5.75. The van der Waals surface area contributed by atoms with Gasteiger partial charge < -0.3 is 14.2 Å². The molecule has 1 unspecified atom stereocenters. The molecule has 0 saturated heterocycles. The summed E-state index contributed by atoms with van der Waals surface area (Å²) < 4.78 is 11.0. The monoisotopic (exact) mass is 379 g/mol. The lowest BCUT2D eigenvalue weighted by atomic mass is 10.1. The van der Waals surface area contributed by atoms with Crippen LogP contribution in [-0.4, -0.2) is 16.1 Å². The molecule has 1 atom stereocenters. The van der Waals surface area contributed by atoms with Crippen LogP contribution in [0.1, 0.15) is 28.1 Å². The zero-order valence-electron chi connectivity index (χ0n) is 14.0. The van der Waals surface area contributed by atoms with Gasteiger partial charge in [-0.25, -0.2) is 0 Å². The Labute approximate surface area is 159 Å². The Kier molecular flexibility index (Phi) is 4.72. The standard InChI is InChI=1S/C20H14ClN3O3/c21-15-10-8-13(9-11-15)17(22-18(25)16-7-4-12-26-16)20-24-23-19(27-20)14-5-2-1-3-6-14/h1-12,17H,(H,22,25). The van der Waals surface area contributed by atoms with Crippen LogP contribution in [0.15, 0.2) is 81.8 Å². The van der Waals surface area contributed by atoms with Gasteiger partial charge in [-0.1, -0.05) is 41.9 Å². The number of carbonyl (C=O) groups excluding carboxylic acids is 1. The van der Waals surface area contributed by atoms with Crippen LogP contribution in [0, 0.1) is 0 Å². The number of nitrogens with one attached hydrogen (secondary N) is 1. The maximum Gasteiger partial charge on any atom is 0.287 e. The van der Waals surface area contributed by atoms with Crippen LogP contribution in [-0.2, 0) is 0 Å². The van der Waals surface area contributed by atoms with Crippen molar-refractivity contribution in [3.8, 4) is 11.5 Å². The van der Waals surface area contributed by atoms with Gasteiger partial charge in [0.15, 0.2) is 5.76 Å². The molecule has 134 valence electrons. The van der Waals surface area contributed by atoms with Crippen LogP contribution >= 0.6 is 11.6 Å². The molecule has 0 radical (unpaired) electrons. The first-order valence-electron chi connectivity index (χ1n) is 8.19. The average Bonchev–Trinajstić information content (AvgIpc) is 3.40. The van der Waals surface area contributed by atoms with E-state index >= 15 is 0 Å². The molecule has 2 heterocycles. The lowest BCUT2D eigenvalue weighted by molar-refractivity contribution is 0.0910. The van der Waals surface area contributed by atoms with Crippen molar-refractivity contribution in [1.82, 2.24) is 15.5 Å². The minimum Gasteiger partial charge on any atom is -0.459 e. The summed E-state index contributed by atoms with van der Waals surface area (Å²) >= 11 is 5.98. The molecule has 1 amide bonds. The molecule has 2 aromatic heterocycles. The summed E-state index contributed by atoms with van der Waals surface area (Å²) in [6.07, 6.45) is 1.44. The quantitative estimate of drug-likeness (QED) is 0.552. The zero-order chi connectivity index (χ0) is 18.6. The third-order valence-electron chi connectivity index (χ3n) is 3.93. The van der Waals surface area contributed by atoms with Crippen LogP contribution in [0.25, 0.3) is 11.5 Å². The summed E-state index contributed by atoms with van der Waals surface area (Å²) in [5, 5.41) is 11.7. The molecule has 7 heteroatoms. The largest absolute Gasteiger partial charge is 0.459 e. The van der Waals surface area contributed by atoms with Crippen molar-refractivity contribution >= 4 is 17.5 Å². The molecule has 0 aliphatic heterocycles. The SMILES string of the molecule is O=C(NC(c1ccc(Cl)cc1)c1nnc(-c2ccccc2)o1)c1ccco1. The first-order valence-corrected chi connectivity index (χ1v) is 8.57. The minimum atomic E-state index is -0.648. The first-order chi connectivity index (χ1) is 13.2. The van der Waals surface area contributed by atoms with Crippen molar-refractivity contribution in [2.24, 2.45) is 0 Å². The van der Waals surface area contributed by atoms with Gasteiger partial charge in [0.25, 0.3) is 5.91 Å². The molecule has 6 nitrogen and oxygen atoms in total. The van der Waals surface area contributed by atoms with E-state index in [0.717, 1.165) is 11.1 Å². The second kappa shape index (κ2) is 7.47. The maximum absolute atomic E-state index is 12.5. The van der Waals surface area contributed by atoms with E-state index in [1.807, 2.05) is 30.3 Å². The normalized spacial score (nSPS) is 11.9. The summed E-state index contributed by atoms with van der Waals surface area (Å²) in [6.45, 7) is 0. The molecule has 0 aliphatic carbocycles. The van der Waals surface area contributed by atoms with Gasteiger partial charge in [-0.15, -0.1) is 10.2 Å². The third kappa shape index (κ3) is 3.75. The van der Waals surface area contributed by atoms with Crippen molar-refractivity contribution in [3.05, 3.63) is 95.2 Å². The molecule has 0 spiro atoms. The van der Waals surface area contributed by atoms with Crippen molar-refractivity contribution < 1.29 is 13.6 Å². The van der Waals surface area contributed by atoms with Gasteiger partial charge in [-0.2, -0.15) is 0 Å². The van der Waals surface area contributed by atoms with Crippen LogP contribution in [0.5, 0.6) is 0 Å². The first kappa shape index (κ1) is 17.1. The predicted octanol–water partition coefficient (Wildman–Crippen LogP) is 4.50. The van der Waals surface area contributed by atoms with E-state index in [9.17, 15) is 4.79 Å². The number of hydrogen-bond acceptors (Lipinski definition) is 5. The lowest BCUT2D eigenvalue weighted by Gasteiger charge is -2.15. The molecule has 0 fully saturated rings. The van der Waals surface area contributed by atoms with Gasteiger partial charge in [0, 0.05) is 10.6 Å². The van der Waals surface area contributed by atoms with Gasteiger partial charge in [-0.05, 0) is 42.0 Å². The Morgan fingerprint density at radius 3 is 2.44 bits per heavy atom. The van der Waals surface area contributed by atoms with E-state index in [1.54, 1.807) is 36.4 Å². The Morgan fingerprint density at radius 1 is 0.963 bits per heavy atom. The van der Waals surface area contributed by atoms with Gasteiger partial charge in [0.05, 0.1) is 6.26 Å². The zero-order valence-corrected chi connectivity index (χ0v) is 14.8. The highest BCUT2D eigenvalue weighted by Gasteiger charge is 2.25. The number of furan rings is 1. The number of benzene rings is 2. The molecule has 0 bridgehead atoms. The van der Waals surface area contributed by atoms with Gasteiger partial charge in [0.1, 0.15) is 6.04 Å². The number of halogens is 1. The molecule has 27 heavy (non-hydrogen) atoms. The highest BCUT2D eigenvalue weighted by atomic mass is 35.5. The highest BCUT2D eigenvalue weighted by molar-refractivity contribution is 6.30. The van der Waals surface area contributed by atoms with E-state index in [-0.39, 0.29) is 17.6 Å². The number of nitrogens with zero attached hydrogens (tertiary/aromatic N) is 2. The third-order valence-corrected chi connectivity index (χ3v) is 4.18. The maximum atomic E-state index is 12.5. The fraction of sp³-hybridized carbons (Fsp3) is 0.0500. The van der Waals surface area contributed by atoms with Crippen LogP contribution in [0.2, 0.25) is 5.02 Å². The molecular weight excluding hydrogens is 366 g/mol. The molecular formula is C20H14ClN3O3. The topological polar surface area (TPSA) is 81.2 Å². The summed E-state index contributed by atoms with van der Waals surface area (Å²) in [6, 6.07) is 19.0. The van der Waals surface area contributed by atoms with E-state index in [4.69, 9.17) is 20.4 Å². The van der Waals surface area contributed by atoms with Crippen molar-refractivity contribution in [1.29, 1.82) is 0 Å². The van der Waals surface area contributed by atoms with Gasteiger partial charge in [-0.3, -0.25) is 4.79 Å². The Morgan fingerprint density at radius 2 is 1.74 bits per heavy atom. The van der Waals surface area contributed by atoms with Crippen molar-refractivity contribution in [2.45, 2.75) is 6.04 Å². The Balaban J connectivity index is 1.68. The number of rotatable bonds is 5. The minimum absolute atomic E-state index is 0.191. The van der Waals surface area contributed by atoms with E-state index in [2.05, 4.69) is 15.5 Å². The number of hydrogen-bond donors (Lipinski definition) is 1. The molecule has 4 aromatic rings. The Bertz CT molecular complexity index is 1030. The summed E-state index contributed by atoms with van der Waals surface area (Å²) in [5.41, 5.74) is 1.55. The summed E-state index contributed by atoms with van der Waals surface area (Å²) in [4.78, 5) is 12.5. The van der Waals surface area contributed by atoms with Gasteiger partial charge in [0.2, 0.25) is 11.8 Å². The van der Waals surface area contributed by atoms with E-state index in [0.29, 0.717) is 10.9 Å². The average molecular weight is 380 g/mol. The highest BCUT2D eigenvalue weighted by Crippen LogP contribution is 2.26. The predicted molar refractivity (Wildman–Crippen MR) is 99.2 cm³/mol. The van der Waals surface area contributed by atoms with Gasteiger partial charge >= 0.3 is 0 Å². The fourth-order valence-electron chi connectivity index (χ4n) is 2.60. The van der Waals surface area contributed by atoms with Crippen LogP contribution in [0.4, 0.5) is 0 Å². The van der Waals surface area contributed by atoms with E-state index < -0.39 is 6.04 Å². The number of aromatic nitrogens is 2. The molecule has 0 saturated carbocycles. The summed E-state index contributed by atoms with van der Waals surface area (Å²) in [5.74, 6) is 0.434. The second-order valence-corrected chi connectivity index (χ2v) is 6.18. The van der Waals surface area contributed by atoms with Crippen molar-refractivity contribution in [3.63, 3.8) is 0 Å². The molecule has 4 rings (SSSR count). The van der Waals surface area contributed by atoms with Crippen LogP contribution < -0.4 is 5.32 Å². The smallest absolute Gasteiger partial charge is 0.287 e. The van der Waals surface area contributed by atoms with E-state index in [1.165, 1.54) is 6.26 Å². The lowest BCUT2D eigenvalue weighted by Crippen LogP contribution is -2.29. The van der Waals surface area contributed by atoms with Crippen LogP contribution in [0.3, 0.4) is 0 Å². The molecule has 2 aromatic carbocycles. The molecule has 1 N–H and O–H groups in total. The number of amides is 1. The number of carbonyl (C=O) groups is 1. The van der Waals surface area contributed by atoms with Crippen molar-refractivity contribution in [2.75, 3.05) is 0 Å².